The second-order valence-electron chi connectivity index (χ2n) is 7.53. The first-order valence-electron chi connectivity index (χ1n) is 8.33. The van der Waals surface area contributed by atoms with Gasteiger partial charge in [-0.1, -0.05) is 63.2 Å². The fourth-order valence-corrected chi connectivity index (χ4v) is 3.08. The molecule has 0 unspecified atom stereocenters. The molecule has 0 spiro atoms. The van der Waals surface area contributed by atoms with Crippen LogP contribution in [0.25, 0.3) is 0 Å². The molecule has 0 bridgehead atoms. The molecule has 2 aromatic rings. The molecular formula is C18H29N3OSi. The Morgan fingerprint density at radius 3 is 2.35 bits per heavy atom. The van der Waals surface area contributed by atoms with E-state index < -0.39 is 8.32 Å². The van der Waals surface area contributed by atoms with Gasteiger partial charge in [0.05, 0.1) is 24.5 Å². The lowest BCUT2D eigenvalue weighted by atomic mass is 10.2. The number of nitrogens with zero attached hydrogens (tertiary/aromatic N) is 3. The summed E-state index contributed by atoms with van der Waals surface area (Å²) in [6, 6.07) is 10.4. The number of aromatic nitrogens is 3. The third-order valence-corrected chi connectivity index (χ3v) is 9.28. The van der Waals surface area contributed by atoms with E-state index in [1.807, 2.05) is 10.7 Å². The highest BCUT2D eigenvalue weighted by Gasteiger charge is 2.37. The maximum Gasteiger partial charge on any atom is 0.192 e. The van der Waals surface area contributed by atoms with Crippen LogP contribution in [0.2, 0.25) is 18.1 Å². The second kappa shape index (κ2) is 6.97. The van der Waals surface area contributed by atoms with Gasteiger partial charge in [0.2, 0.25) is 0 Å². The van der Waals surface area contributed by atoms with Gasteiger partial charge in [-0.05, 0) is 30.1 Å². The zero-order valence-corrected chi connectivity index (χ0v) is 16.3. The fraction of sp³-hybridized carbons (Fsp3) is 0.556. The van der Waals surface area contributed by atoms with Crippen molar-refractivity contribution in [3.8, 4) is 0 Å². The molecule has 0 fully saturated rings. The molecule has 0 aliphatic rings. The SMILES string of the molecule is CCc1nnn(Cc2ccccc2)c1CO[Si](C)(C)C(C)(C)C. The van der Waals surface area contributed by atoms with Gasteiger partial charge in [-0.3, -0.25) is 0 Å². The van der Waals surface area contributed by atoms with Crippen LogP contribution in [0.4, 0.5) is 0 Å². The topological polar surface area (TPSA) is 39.9 Å². The van der Waals surface area contributed by atoms with Gasteiger partial charge in [0, 0.05) is 0 Å². The van der Waals surface area contributed by atoms with Crippen LogP contribution in [0.5, 0.6) is 0 Å². The molecule has 0 N–H and O–H groups in total. The van der Waals surface area contributed by atoms with Crippen molar-refractivity contribution in [2.24, 2.45) is 0 Å². The van der Waals surface area contributed by atoms with E-state index in [1.54, 1.807) is 0 Å². The smallest absolute Gasteiger partial charge is 0.192 e. The summed E-state index contributed by atoms with van der Waals surface area (Å²) >= 11 is 0. The lowest BCUT2D eigenvalue weighted by molar-refractivity contribution is 0.264. The Bertz CT molecular complexity index is 629. The van der Waals surface area contributed by atoms with Crippen molar-refractivity contribution < 1.29 is 4.43 Å². The molecular weight excluding hydrogens is 302 g/mol. The molecule has 23 heavy (non-hydrogen) atoms. The first kappa shape index (κ1) is 17.9. The Morgan fingerprint density at radius 2 is 1.78 bits per heavy atom. The number of hydrogen-bond donors (Lipinski definition) is 0. The summed E-state index contributed by atoms with van der Waals surface area (Å²) in [6.45, 7) is 14.8. The van der Waals surface area contributed by atoms with Crippen molar-refractivity contribution in [3.63, 3.8) is 0 Å². The molecule has 0 amide bonds. The van der Waals surface area contributed by atoms with Crippen LogP contribution < -0.4 is 0 Å². The summed E-state index contributed by atoms with van der Waals surface area (Å²) < 4.78 is 8.38. The van der Waals surface area contributed by atoms with Gasteiger partial charge in [0.1, 0.15) is 0 Å². The molecule has 0 aliphatic heterocycles. The number of aryl methyl sites for hydroxylation is 1. The average Bonchev–Trinajstić information content (AvgIpc) is 2.87. The van der Waals surface area contributed by atoms with E-state index >= 15 is 0 Å². The van der Waals surface area contributed by atoms with Gasteiger partial charge < -0.3 is 4.43 Å². The maximum atomic E-state index is 6.40. The minimum Gasteiger partial charge on any atom is -0.411 e. The van der Waals surface area contributed by atoms with E-state index in [-0.39, 0.29) is 5.04 Å². The number of hydrogen-bond acceptors (Lipinski definition) is 3. The van der Waals surface area contributed by atoms with Gasteiger partial charge in [-0.25, -0.2) is 4.68 Å². The molecule has 2 rings (SSSR count). The Hall–Kier alpha value is -1.46. The molecule has 1 aromatic heterocycles. The molecule has 0 aliphatic carbocycles. The minimum absolute atomic E-state index is 0.205. The summed E-state index contributed by atoms with van der Waals surface area (Å²) in [4.78, 5) is 0. The highest BCUT2D eigenvalue weighted by atomic mass is 28.4. The minimum atomic E-state index is -1.78. The standard InChI is InChI=1S/C18H29N3OSi/c1-7-16-17(14-22-23(5,6)18(2,3)4)21(20-19-16)13-15-11-9-8-10-12-15/h8-12H,7,13-14H2,1-6H3. The van der Waals surface area contributed by atoms with E-state index in [1.165, 1.54) is 5.56 Å². The second-order valence-corrected chi connectivity index (χ2v) is 12.3. The van der Waals surface area contributed by atoms with Crippen molar-refractivity contribution in [2.75, 3.05) is 0 Å². The van der Waals surface area contributed by atoms with Crippen molar-refractivity contribution in [3.05, 3.63) is 47.3 Å². The normalized spacial score (nSPS) is 12.6. The van der Waals surface area contributed by atoms with Gasteiger partial charge in [0.15, 0.2) is 8.32 Å². The summed E-state index contributed by atoms with van der Waals surface area (Å²) in [5.74, 6) is 0. The molecule has 1 aromatic carbocycles. The van der Waals surface area contributed by atoms with Crippen LogP contribution in [0.3, 0.4) is 0 Å². The molecule has 5 heteroatoms. The molecule has 0 radical (unpaired) electrons. The predicted octanol–water partition coefficient (Wildman–Crippen LogP) is 4.41. The van der Waals surface area contributed by atoms with E-state index in [9.17, 15) is 0 Å². The van der Waals surface area contributed by atoms with Crippen molar-refractivity contribution >= 4 is 8.32 Å². The molecule has 0 atom stereocenters. The quantitative estimate of drug-likeness (QED) is 0.736. The summed E-state index contributed by atoms with van der Waals surface area (Å²) in [6.07, 6.45) is 0.880. The highest BCUT2D eigenvalue weighted by Crippen LogP contribution is 2.37. The maximum absolute atomic E-state index is 6.40. The van der Waals surface area contributed by atoms with Crippen LogP contribution in [0.1, 0.15) is 44.6 Å². The van der Waals surface area contributed by atoms with Crippen LogP contribution in [0.15, 0.2) is 30.3 Å². The summed E-state index contributed by atoms with van der Waals surface area (Å²) in [7, 11) is -1.78. The highest BCUT2D eigenvalue weighted by molar-refractivity contribution is 6.74. The fourth-order valence-electron chi connectivity index (χ4n) is 2.15. The van der Waals surface area contributed by atoms with Gasteiger partial charge >= 0.3 is 0 Å². The molecule has 0 saturated carbocycles. The van der Waals surface area contributed by atoms with Crippen LogP contribution >= 0.6 is 0 Å². The van der Waals surface area contributed by atoms with Crippen molar-refractivity contribution in [1.82, 2.24) is 15.0 Å². The lowest BCUT2D eigenvalue weighted by Gasteiger charge is -2.36. The van der Waals surface area contributed by atoms with Gasteiger partial charge in [-0.15, -0.1) is 5.10 Å². The van der Waals surface area contributed by atoms with E-state index in [0.717, 1.165) is 24.4 Å². The van der Waals surface area contributed by atoms with Crippen LogP contribution in [-0.2, 0) is 24.0 Å². The largest absolute Gasteiger partial charge is 0.411 e. The Balaban J connectivity index is 2.19. The van der Waals surface area contributed by atoms with Crippen LogP contribution in [0, 0.1) is 0 Å². The Labute approximate surface area is 141 Å². The molecule has 4 nitrogen and oxygen atoms in total. The molecule has 126 valence electrons. The monoisotopic (exact) mass is 331 g/mol. The van der Waals surface area contributed by atoms with E-state index in [2.05, 4.69) is 75.4 Å². The first-order chi connectivity index (χ1) is 10.7. The van der Waals surface area contributed by atoms with Gasteiger partial charge in [-0.2, -0.15) is 0 Å². The predicted molar refractivity (Wildman–Crippen MR) is 96.9 cm³/mol. The molecule has 0 saturated heterocycles. The third kappa shape index (κ3) is 4.29. The van der Waals surface area contributed by atoms with Gasteiger partial charge in [0.25, 0.3) is 0 Å². The molecule has 1 heterocycles. The first-order valence-corrected chi connectivity index (χ1v) is 11.2. The van der Waals surface area contributed by atoms with Crippen LogP contribution in [-0.4, -0.2) is 23.3 Å². The zero-order valence-electron chi connectivity index (χ0n) is 15.3. The Morgan fingerprint density at radius 1 is 1.13 bits per heavy atom. The zero-order chi connectivity index (χ0) is 17.1. The van der Waals surface area contributed by atoms with Crippen molar-refractivity contribution in [2.45, 2.75) is 65.4 Å². The summed E-state index contributed by atoms with van der Waals surface area (Å²) in [5, 5.41) is 8.89. The van der Waals surface area contributed by atoms with E-state index in [4.69, 9.17) is 4.43 Å². The lowest BCUT2D eigenvalue weighted by Crippen LogP contribution is -2.40. The third-order valence-electron chi connectivity index (χ3n) is 4.80. The van der Waals surface area contributed by atoms with Crippen molar-refractivity contribution in [1.29, 1.82) is 0 Å². The summed E-state index contributed by atoms with van der Waals surface area (Å²) in [5.41, 5.74) is 3.38. The Kier molecular flexibility index (Phi) is 5.42. The average molecular weight is 332 g/mol. The number of benzene rings is 1. The number of rotatable bonds is 6. The van der Waals surface area contributed by atoms with E-state index in [0.29, 0.717) is 6.61 Å².